The fourth-order valence-electron chi connectivity index (χ4n) is 0. The topological polar surface area (TPSA) is 0 Å². The van der Waals surface area contributed by atoms with Gasteiger partial charge in [0.05, 0.1) is 0 Å². The molecule has 0 nitrogen and oxygen atoms in total. The minimum Gasteiger partial charge on any atom is -1.00 e. The van der Waals surface area contributed by atoms with Gasteiger partial charge < -0.3 is 103 Å². The molecule has 0 aromatic carbocycles. The van der Waals surface area contributed by atoms with Crippen LogP contribution in [0.3, 0.4) is 0 Å². The van der Waals surface area contributed by atoms with Crippen LogP contribution in [0, 0.1) is 0 Å². The van der Waals surface area contributed by atoms with E-state index in [9.17, 15) is 0 Å². The molecule has 41 heavy (non-hydrogen) atoms. The number of rotatable bonds is 0. The van der Waals surface area contributed by atoms with E-state index in [2.05, 4.69) is 0 Å². The van der Waals surface area contributed by atoms with Crippen molar-refractivity contribution in [3.63, 3.8) is 0 Å². The molecule has 41 heteroatoms. The summed E-state index contributed by atoms with van der Waals surface area (Å²) in [6.45, 7) is 0. The summed E-state index contributed by atoms with van der Waals surface area (Å²) >= 11 is 0. The van der Waals surface area contributed by atoms with Crippen LogP contribution in [0.1, 0.15) is 103 Å². The molecule has 0 atom stereocenters. The average Bonchev–Trinajstić information content (AvgIpc) is 0. The van der Waals surface area contributed by atoms with Crippen LogP contribution in [-0.4, -0.2) is 830 Å². The van der Waals surface area contributed by atoms with Gasteiger partial charge in [0.1, 0.15) is 0 Å². The van der Waals surface area contributed by atoms with Crippen LogP contribution in [0.25, 0.3) is 0 Å². The summed E-state index contributed by atoms with van der Waals surface area (Å²) in [7, 11) is 0. The first-order chi connectivity index (χ1) is 0. The Balaban J connectivity index is 0. The Morgan fingerprint density at radius 3 is 0.0732 bits per heavy atom. The summed E-state index contributed by atoms with van der Waals surface area (Å²) in [5, 5.41) is 0. The third-order valence-corrected chi connectivity index (χ3v) is 0. The molecule has 0 aliphatic rings. The largest absolute Gasteiger partial charge is 2.00 e. The first-order valence-corrected chi connectivity index (χ1v) is 0. The van der Waals surface area contributed by atoms with Crippen LogP contribution in [0.4, 0.5) is 0 Å². The Hall–Kier alpha value is 29.0. The minimum atomic E-state index is 0. The van der Waals surface area contributed by atoms with Gasteiger partial charge in [-0.2, -0.15) is 0 Å². The van der Waals surface area contributed by atoms with Gasteiger partial charge in [0, 0.05) is 0 Å². The van der Waals surface area contributed by atoms with Crippen molar-refractivity contribution in [3.05, 3.63) is 0 Å². The van der Waals surface area contributed by atoms with Gasteiger partial charge in [-0.15, -0.1) is 62.0 Å². The van der Waals surface area contributed by atoms with Crippen LogP contribution < -0.4 is 0 Å². The van der Waals surface area contributed by atoms with Crippen LogP contribution in [0.15, 0.2) is 0 Å². The molecule has 0 aromatic rings. The molecule has 0 N–H and O–H groups in total. The van der Waals surface area contributed by atoms with Crippen LogP contribution in [0.5, 0.6) is 0 Å². The third kappa shape index (κ3) is 368. The van der Waals surface area contributed by atoms with Crippen molar-refractivity contribution in [2.75, 3.05) is 0 Å². The summed E-state index contributed by atoms with van der Waals surface area (Å²) < 4.78 is 0. The van der Waals surface area contributed by atoms with Gasteiger partial charge in [0.15, 0.2) is 0 Å². The van der Waals surface area contributed by atoms with E-state index >= 15 is 0 Å². The van der Waals surface area contributed by atoms with E-state index in [1.807, 2.05) is 0 Å². The summed E-state index contributed by atoms with van der Waals surface area (Å²) in [4.78, 5) is 0. The summed E-state index contributed by atoms with van der Waals surface area (Å²) in [5.74, 6) is 0. The second-order valence-electron chi connectivity index (χ2n) is 0. The monoisotopic (exact) mass is 1120 g/mol. The standard InChI is InChI=1S/5ClH.36Mg.72H/h5*1H;;;;;;;;;;;;;;;;;;;;;;;;;;;;;;;;;;;;;;;;;;;;;;;;;;;;;;;;;;;;;;;;;;;;;;;;;;;;;;;;;;;;;;;;;;;;;;;;;;;;;;;;;;;;/q;;;;;36*+2;72*-1. The molecule has 0 aliphatic carbocycles. The maximum atomic E-state index is 0. The van der Waals surface area contributed by atoms with Crippen molar-refractivity contribution in [1.82, 2.24) is 0 Å². The summed E-state index contributed by atoms with van der Waals surface area (Å²) in [6.07, 6.45) is 0. The maximum Gasteiger partial charge on any atom is 2.00 e. The zero-order chi connectivity index (χ0) is 0. The Morgan fingerprint density at radius 1 is 0.0732 bits per heavy atom. The fourth-order valence-corrected chi connectivity index (χ4v) is 0. The maximum absolute atomic E-state index is 0. The first kappa shape index (κ1) is 396. The van der Waals surface area contributed by atoms with E-state index in [1.165, 1.54) is 0 Å². The van der Waals surface area contributed by atoms with Gasteiger partial charge in [0.25, 0.3) is 0 Å². The van der Waals surface area contributed by atoms with Crippen molar-refractivity contribution >= 4 is 892 Å². The second kappa shape index (κ2) is 379. The van der Waals surface area contributed by atoms with Gasteiger partial charge in [-0.05, 0) is 0 Å². The number of hydrogen-bond donors (Lipinski definition) is 0. The van der Waals surface area contributed by atoms with Gasteiger partial charge in [0.2, 0.25) is 0 Å². The Kier molecular flexibility index (Phi) is 3660. The van der Waals surface area contributed by atoms with E-state index in [4.69, 9.17) is 0 Å². The molecule has 0 bridgehead atoms. The molecule has 0 amide bonds. The fraction of sp³-hybridized carbons (Fsp3) is 0. The molecule has 0 radical (unpaired) electrons. The van der Waals surface area contributed by atoms with Gasteiger partial charge in [-0.1, -0.05) is 0 Å². The molecule has 184 valence electrons. The molecule has 0 heterocycles. The summed E-state index contributed by atoms with van der Waals surface area (Å²) in [5.41, 5.74) is 0. The predicted octanol–water partition coefficient (Wildman–Crippen LogP) is -3.50. The summed E-state index contributed by atoms with van der Waals surface area (Å²) in [6, 6.07) is 0. The molecular formula is H77Cl5Mg36. The molecule has 0 saturated heterocycles. The zero-order valence-corrected chi connectivity index (χ0v) is 82.5. The Morgan fingerprint density at radius 2 is 0.0732 bits per heavy atom. The normalized spacial score (nSPS) is 0. The van der Waals surface area contributed by atoms with Crippen molar-refractivity contribution in [1.29, 1.82) is 0 Å². The molecule has 0 saturated carbocycles. The molecule has 0 aromatic heterocycles. The first-order valence-electron chi connectivity index (χ1n) is 0. The molecule has 0 fully saturated rings. The Labute approximate surface area is 971 Å². The van der Waals surface area contributed by atoms with Gasteiger partial charge in [-0.3, -0.25) is 0 Å². The number of halogens is 5. The van der Waals surface area contributed by atoms with Gasteiger partial charge in [-0.25, -0.2) is 0 Å². The van der Waals surface area contributed by atoms with Crippen molar-refractivity contribution in [2.24, 2.45) is 0 Å². The van der Waals surface area contributed by atoms with Crippen molar-refractivity contribution in [3.8, 4) is 0 Å². The van der Waals surface area contributed by atoms with Crippen LogP contribution in [-0.2, 0) is 0 Å². The van der Waals surface area contributed by atoms with E-state index in [0.29, 0.717) is 0 Å². The average molecular weight is 1130 g/mol. The van der Waals surface area contributed by atoms with E-state index in [1.54, 1.807) is 0 Å². The van der Waals surface area contributed by atoms with Crippen LogP contribution in [0.2, 0.25) is 0 Å². The van der Waals surface area contributed by atoms with Crippen molar-refractivity contribution in [2.45, 2.75) is 0 Å². The molecule has 0 unspecified atom stereocenters. The third-order valence-electron chi connectivity index (χ3n) is 0. The van der Waals surface area contributed by atoms with E-state index in [-0.39, 0.29) is 995 Å². The van der Waals surface area contributed by atoms with E-state index < -0.39 is 0 Å². The molecule has 0 aliphatic heterocycles. The van der Waals surface area contributed by atoms with Crippen molar-refractivity contribution < 1.29 is 103 Å². The molecule has 0 spiro atoms. The quantitative estimate of drug-likeness (QED) is 0.222. The second-order valence-corrected chi connectivity index (χ2v) is 0. The minimum absolute atomic E-state index is 0. The Bertz CT molecular complexity index is 129. The molecular weight excluding hydrogens is 1050 g/mol. The number of hydrogen-bond acceptors (Lipinski definition) is 0. The smallest absolute Gasteiger partial charge is 1.00 e. The van der Waals surface area contributed by atoms with Crippen LogP contribution >= 0.6 is 62.0 Å². The SMILES string of the molecule is Cl.Cl.Cl.Cl.Cl.[H-].[H-].[H-].[H-].[H-].[H-].[H-].[H-].[H-].[H-].[H-].[H-].[H-].[H-].[H-].[H-].[H-].[H-].[H-].[H-].[H-].[H-].[H-].[H-].[H-].[H-].[H-].[H-].[H-].[H-].[H-].[H-].[H-].[H-].[H-].[H-].[H-].[H-].[H-].[H-].[H-].[H-].[H-].[H-].[H-].[H-].[H-].[H-].[H-].[H-].[H-].[H-].[H-].[H-].[H-].[H-].[H-].[H-].[H-].[H-].[H-].[H-].[H-].[H-].[H-].[H-].[H-].[H-].[H-].[H-].[H-].[H-].[Mg+2].[Mg+2].[Mg+2].[Mg+2].[Mg+2].[Mg+2].[Mg+2].[Mg+2].[Mg+2].[Mg+2].[Mg+2].[Mg+2].[Mg+2].[Mg+2].[Mg+2].[Mg+2].[Mg+2].[Mg+2].[Mg+2].[Mg+2].[Mg+2].[Mg+2].[Mg+2].[Mg+2].[Mg+2].[Mg+2].[Mg+2].[Mg+2].[Mg+2].[Mg+2].[Mg+2].[Mg+2].[Mg+2].[Mg+2].[Mg+2].[Mg+2]. The predicted molar refractivity (Wildman–Crippen MR) is 323 cm³/mol. The van der Waals surface area contributed by atoms with E-state index in [0.717, 1.165) is 0 Å². The van der Waals surface area contributed by atoms with Gasteiger partial charge >= 0.3 is 830 Å². The zero-order valence-electron chi connectivity index (χ0n) is 99.5. The molecule has 0 rings (SSSR count).